The third kappa shape index (κ3) is 4.45. The molecule has 1 N–H and O–H groups in total. The van der Waals surface area contributed by atoms with Gasteiger partial charge in [-0.3, -0.25) is 4.68 Å². The van der Waals surface area contributed by atoms with Crippen molar-refractivity contribution in [3.05, 3.63) is 53.2 Å². The van der Waals surface area contributed by atoms with Crippen molar-refractivity contribution in [3.63, 3.8) is 0 Å². The number of aryl methyl sites for hydroxylation is 2. The van der Waals surface area contributed by atoms with Crippen LogP contribution < -0.4 is 5.32 Å². The Hall–Kier alpha value is -2.47. The van der Waals surface area contributed by atoms with Crippen molar-refractivity contribution in [3.8, 4) is 11.4 Å². The van der Waals surface area contributed by atoms with Gasteiger partial charge in [-0.25, -0.2) is 0 Å². The summed E-state index contributed by atoms with van der Waals surface area (Å²) >= 11 is 0. The van der Waals surface area contributed by atoms with Gasteiger partial charge in [-0.15, -0.1) is 0 Å². The highest BCUT2D eigenvalue weighted by Gasteiger charge is 2.17. The Labute approximate surface area is 160 Å². The summed E-state index contributed by atoms with van der Waals surface area (Å²) in [5, 5.41) is 12.2. The average Bonchev–Trinajstić information content (AvgIpc) is 3.13. The Morgan fingerprint density at radius 1 is 1.19 bits per heavy atom. The minimum Gasteiger partial charge on any atom is -0.339 e. The highest BCUT2D eigenvalue weighted by molar-refractivity contribution is 5.55. The minimum atomic E-state index is 0.630. The zero-order valence-electron chi connectivity index (χ0n) is 16.1. The van der Waals surface area contributed by atoms with E-state index in [1.165, 1.54) is 24.8 Å². The molecule has 3 aromatic rings. The van der Waals surface area contributed by atoms with Crippen LogP contribution in [0.4, 0.5) is 0 Å². The van der Waals surface area contributed by atoms with Crippen LogP contribution in [0.15, 0.2) is 34.9 Å². The molecular formula is C21H27N5O. The summed E-state index contributed by atoms with van der Waals surface area (Å²) in [6.45, 7) is 7.05. The lowest BCUT2D eigenvalue weighted by Gasteiger charge is -2.09. The normalized spacial score (nSPS) is 17.8. The largest absolute Gasteiger partial charge is 0.339 e. The predicted molar refractivity (Wildman–Crippen MR) is 104 cm³/mol. The second-order valence-corrected chi connectivity index (χ2v) is 7.55. The average molecular weight is 365 g/mol. The molecule has 0 saturated carbocycles. The zero-order valence-corrected chi connectivity index (χ0v) is 16.1. The van der Waals surface area contributed by atoms with Gasteiger partial charge in [-0.2, -0.15) is 10.1 Å². The van der Waals surface area contributed by atoms with E-state index in [9.17, 15) is 0 Å². The molecule has 3 heterocycles. The van der Waals surface area contributed by atoms with E-state index < -0.39 is 0 Å². The fourth-order valence-electron chi connectivity index (χ4n) is 3.81. The Bertz CT molecular complexity index is 890. The first-order valence-electron chi connectivity index (χ1n) is 9.81. The monoisotopic (exact) mass is 365 g/mol. The third-order valence-electron chi connectivity index (χ3n) is 5.25. The molecular weight excluding hydrogens is 338 g/mol. The number of rotatable bonds is 5. The molecule has 6 nitrogen and oxygen atoms in total. The third-order valence-corrected chi connectivity index (χ3v) is 5.25. The molecule has 2 aromatic heterocycles. The molecule has 1 aromatic carbocycles. The quantitative estimate of drug-likeness (QED) is 0.749. The Kier molecular flexibility index (Phi) is 5.34. The van der Waals surface area contributed by atoms with E-state index >= 15 is 0 Å². The van der Waals surface area contributed by atoms with Crippen molar-refractivity contribution in [2.45, 2.75) is 46.1 Å². The van der Waals surface area contributed by atoms with E-state index in [4.69, 9.17) is 4.52 Å². The Balaban J connectivity index is 1.47. The summed E-state index contributed by atoms with van der Waals surface area (Å²) in [5.74, 6) is 2.05. The number of nitrogens with one attached hydrogen (secondary N) is 1. The van der Waals surface area contributed by atoms with Crippen molar-refractivity contribution >= 4 is 0 Å². The summed E-state index contributed by atoms with van der Waals surface area (Å²) in [5.41, 5.74) is 4.38. The fraction of sp³-hybridized carbons (Fsp3) is 0.476. The van der Waals surface area contributed by atoms with Crippen LogP contribution in [0.1, 0.15) is 42.1 Å². The van der Waals surface area contributed by atoms with Gasteiger partial charge in [0.2, 0.25) is 11.7 Å². The summed E-state index contributed by atoms with van der Waals surface area (Å²) in [7, 11) is 0. The molecule has 1 saturated heterocycles. The van der Waals surface area contributed by atoms with Crippen LogP contribution in [0, 0.1) is 19.8 Å². The van der Waals surface area contributed by atoms with Gasteiger partial charge >= 0.3 is 0 Å². The Morgan fingerprint density at radius 3 is 2.96 bits per heavy atom. The van der Waals surface area contributed by atoms with Crippen LogP contribution in [0.2, 0.25) is 0 Å². The second-order valence-electron chi connectivity index (χ2n) is 7.55. The van der Waals surface area contributed by atoms with Crippen molar-refractivity contribution < 1.29 is 4.52 Å². The molecule has 4 rings (SSSR count). The molecule has 0 amide bonds. The van der Waals surface area contributed by atoms with E-state index in [1.807, 2.05) is 23.7 Å². The highest BCUT2D eigenvalue weighted by Crippen LogP contribution is 2.22. The van der Waals surface area contributed by atoms with Gasteiger partial charge in [0, 0.05) is 17.7 Å². The molecule has 27 heavy (non-hydrogen) atoms. The van der Waals surface area contributed by atoms with Gasteiger partial charge in [0.05, 0.1) is 12.2 Å². The van der Waals surface area contributed by atoms with Crippen molar-refractivity contribution in [1.29, 1.82) is 0 Å². The van der Waals surface area contributed by atoms with Crippen LogP contribution in [-0.4, -0.2) is 33.0 Å². The van der Waals surface area contributed by atoms with E-state index in [0.717, 1.165) is 48.9 Å². The molecule has 6 heteroatoms. The van der Waals surface area contributed by atoms with E-state index in [2.05, 4.69) is 45.7 Å². The highest BCUT2D eigenvalue weighted by atomic mass is 16.5. The topological polar surface area (TPSA) is 68.8 Å². The van der Waals surface area contributed by atoms with E-state index in [-0.39, 0.29) is 0 Å². The number of hydrogen-bond donors (Lipinski definition) is 1. The number of hydrogen-bond acceptors (Lipinski definition) is 5. The maximum Gasteiger partial charge on any atom is 0.227 e. The molecule has 0 aliphatic carbocycles. The lowest BCUT2D eigenvalue weighted by Crippen LogP contribution is -2.14. The maximum absolute atomic E-state index is 5.54. The predicted octanol–water partition coefficient (Wildman–Crippen LogP) is 3.53. The van der Waals surface area contributed by atoms with Crippen LogP contribution >= 0.6 is 0 Å². The SMILES string of the molecule is Cc1cc(C)n(Cc2cccc(-c3noc(CC4CCCNCC4)n3)c2)n1. The fourth-order valence-corrected chi connectivity index (χ4v) is 3.81. The molecule has 142 valence electrons. The van der Waals surface area contributed by atoms with Crippen LogP contribution in [-0.2, 0) is 13.0 Å². The van der Waals surface area contributed by atoms with Gasteiger partial charge in [-0.1, -0.05) is 23.4 Å². The summed E-state index contributed by atoms with van der Waals surface area (Å²) in [4.78, 5) is 4.65. The van der Waals surface area contributed by atoms with E-state index in [1.54, 1.807) is 0 Å². The first kappa shape index (κ1) is 17.9. The first-order chi connectivity index (χ1) is 13.2. The Morgan fingerprint density at radius 2 is 2.11 bits per heavy atom. The van der Waals surface area contributed by atoms with Gasteiger partial charge in [-0.05, 0) is 69.8 Å². The molecule has 0 radical (unpaired) electrons. The van der Waals surface area contributed by atoms with Crippen LogP contribution in [0.25, 0.3) is 11.4 Å². The van der Waals surface area contributed by atoms with Gasteiger partial charge in [0.15, 0.2) is 0 Å². The summed E-state index contributed by atoms with van der Waals surface area (Å²) in [6.07, 6.45) is 4.50. The molecule has 0 spiro atoms. The lowest BCUT2D eigenvalue weighted by atomic mass is 9.97. The first-order valence-corrected chi connectivity index (χ1v) is 9.81. The van der Waals surface area contributed by atoms with E-state index in [0.29, 0.717) is 11.7 Å². The molecule has 1 unspecified atom stereocenters. The zero-order chi connectivity index (χ0) is 18.6. The standard InChI is InChI=1S/C21H27N5O/c1-15-11-16(2)26(24-15)14-18-5-3-7-19(12-18)21-23-20(27-25-21)13-17-6-4-9-22-10-8-17/h3,5,7,11-12,17,22H,4,6,8-10,13-14H2,1-2H3. The minimum absolute atomic E-state index is 0.630. The van der Waals surface area contributed by atoms with Crippen molar-refractivity contribution in [2.75, 3.05) is 13.1 Å². The molecule has 1 aliphatic heterocycles. The van der Waals surface area contributed by atoms with Crippen LogP contribution in [0.5, 0.6) is 0 Å². The number of benzene rings is 1. The van der Waals surface area contributed by atoms with Crippen molar-refractivity contribution in [2.24, 2.45) is 5.92 Å². The molecule has 1 aliphatic rings. The molecule has 1 atom stereocenters. The lowest BCUT2D eigenvalue weighted by molar-refractivity contribution is 0.341. The number of nitrogens with zero attached hydrogens (tertiary/aromatic N) is 4. The number of aromatic nitrogens is 4. The van der Waals surface area contributed by atoms with Gasteiger partial charge in [0.25, 0.3) is 0 Å². The van der Waals surface area contributed by atoms with Crippen molar-refractivity contribution in [1.82, 2.24) is 25.2 Å². The molecule has 0 bridgehead atoms. The maximum atomic E-state index is 5.54. The van der Waals surface area contributed by atoms with Gasteiger partial charge in [0.1, 0.15) is 0 Å². The summed E-state index contributed by atoms with van der Waals surface area (Å²) < 4.78 is 7.57. The van der Waals surface area contributed by atoms with Crippen LogP contribution in [0.3, 0.4) is 0 Å². The van der Waals surface area contributed by atoms with Gasteiger partial charge < -0.3 is 9.84 Å². The second kappa shape index (κ2) is 8.05. The summed E-state index contributed by atoms with van der Waals surface area (Å²) in [6, 6.07) is 10.4. The smallest absolute Gasteiger partial charge is 0.227 e. The molecule has 1 fully saturated rings.